The van der Waals surface area contributed by atoms with E-state index in [4.69, 9.17) is 11.6 Å². The molecule has 1 saturated heterocycles. The molecule has 0 bridgehead atoms. The number of aliphatic hydroxyl groups excluding tert-OH is 1. The highest BCUT2D eigenvalue weighted by atomic mass is 35.5. The normalized spacial score (nSPS) is 17.3. The number of para-hydroxylation sites is 1. The standard InChI is InChI=1S/C31H29ClN2O3/c1-19(2)17-20-7-9-21(10-8-20)28-27(29(35)22-11-13-24(32)14-12-22)30(36)31(37)34(28)16-15-23-18-33-26-6-4-3-5-25(23)26/h3-14,18-19,28,33,35H,15-17H2,1-2H3/b29-27+. The second kappa shape index (κ2) is 10.3. The first-order valence-electron chi connectivity index (χ1n) is 12.5. The predicted molar refractivity (Wildman–Crippen MR) is 147 cm³/mol. The van der Waals surface area contributed by atoms with E-state index >= 15 is 0 Å². The smallest absolute Gasteiger partial charge is 0.295 e. The molecule has 1 fully saturated rings. The Morgan fingerprint density at radius 1 is 1.00 bits per heavy atom. The molecule has 0 radical (unpaired) electrons. The summed E-state index contributed by atoms with van der Waals surface area (Å²) >= 11 is 6.03. The van der Waals surface area contributed by atoms with Gasteiger partial charge in [-0.15, -0.1) is 0 Å². The maximum atomic E-state index is 13.3. The van der Waals surface area contributed by atoms with Crippen LogP contribution in [-0.4, -0.2) is 33.2 Å². The molecule has 2 heterocycles. The molecule has 5 nitrogen and oxygen atoms in total. The van der Waals surface area contributed by atoms with Crippen LogP contribution < -0.4 is 0 Å². The van der Waals surface area contributed by atoms with E-state index in [1.807, 2.05) is 54.7 Å². The number of ketones is 1. The SMILES string of the molecule is CC(C)Cc1ccc(C2/C(=C(\O)c3ccc(Cl)cc3)C(=O)C(=O)N2CCc2c[nH]c3ccccc23)cc1. The van der Waals surface area contributed by atoms with Crippen molar-refractivity contribution in [1.29, 1.82) is 0 Å². The number of amides is 1. The fraction of sp³-hybridized carbons (Fsp3) is 0.226. The maximum Gasteiger partial charge on any atom is 0.295 e. The Bertz CT molecular complexity index is 1480. The van der Waals surface area contributed by atoms with E-state index in [0.717, 1.165) is 28.5 Å². The number of aromatic nitrogens is 1. The molecule has 1 aliphatic heterocycles. The summed E-state index contributed by atoms with van der Waals surface area (Å²) in [4.78, 5) is 31.5. The van der Waals surface area contributed by atoms with Crippen molar-refractivity contribution in [2.45, 2.75) is 32.7 Å². The van der Waals surface area contributed by atoms with Gasteiger partial charge in [0.15, 0.2) is 0 Å². The van der Waals surface area contributed by atoms with E-state index < -0.39 is 17.7 Å². The molecule has 1 aliphatic rings. The topological polar surface area (TPSA) is 73.4 Å². The summed E-state index contributed by atoms with van der Waals surface area (Å²) in [5.41, 5.74) is 4.62. The number of rotatable bonds is 7. The Labute approximate surface area is 221 Å². The zero-order valence-electron chi connectivity index (χ0n) is 20.9. The third-order valence-electron chi connectivity index (χ3n) is 6.89. The largest absolute Gasteiger partial charge is 0.507 e. The number of carbonyl (C=O) groups excluding carboxylic acids is 2. The van der Waals surface area contributed by atoms with Crippen LogP contribution in [0.25, 0.3) is 16.7 Å². The molecule has 1 unspecified atom stereocenters. The Morgan fingerprint density at radius 3 is 2.41 bits per heavy atom. The van der Waals surface area contributed by atoms with Gasteiger partial charge in [0.1, 0.15) is 5.76 Å². The summed E-state index contributed by atoms with van der Waals surface area (Å²) in [5.74, 6) is -0.965. The van der Waals surface area contributed by atoms with Gasteiger partial charge in [-0.2, -0.15) is 0 Å². The van der Waals surface area contributed by atoms with Gasteiger partial charge in [0.25, 0.3) is 11.7 Å². The average molecular weight is 513 g/mol. The lowest BCUT2D eigenvalue weighted by molar-refractivity contribution is -0.139. The minimum Gasteiger partial charge on any atom is -0.507 e. The fourth-order valence-corrected chi connectivity index (χ4v) is 5.23. The van der Waals surface area contributed by atoms with Crippen molar-refractivity contribution in [2.24, 2.45) is 5.92 Å². The number of aliphatic hydroxyl groups is 1. The lowest BCUT2D eigenvalue weighted by atomic mass is 9.93. The quantitative estimate of drug-likeness (QED) is 0.165. The zero-order valence-corrected chi connectivity index (χ0v) is 21.6. The highest BCUT2D eigenvalue weighted by molar-refractivity contribution is 6.46. The molecule has 0 spiro atoms. The van der Waals surface area contributed by atoms with E-state index in [-0.39, 0.29) is 11.3 Å². The van der Waals surface area contributed by atoms with Gasteiger partial charge in [0, 0.05) is 34.2 Å². The van der Waals surface area contributed by atoms with Crippen molar-refractivity contribution >= 4 is 40.0 Å². The van der Waals surface area contributed by atoms with Crippen molar-refractivity contribution in [3.8, 4) is 0 Å². The van der Waals surface area contributed by atoms with Crippen molar-refractivity contribution in [3.63, 3.8) is 0 Å². The highest BCUT2D eigenvalue weighted by Crippen LogP contribution is 2.40. The number of carbonyl (C=O) groups is 2. The molecule has 5 rings (SSSR count). The number of hydrogen-bond donors (Lipinski definition) is 2. The number of nitrogens with zero attached hydrogens (tertiary/aromatic N) is 1. The third-order valence-corrected chi connectivity index (χ3v) is 7.15. The van der Waals surface area contributed by atoms with Gasteiger partial charge in [-0.1, -0.05) is 67.9 Å². The number of hydrogen-bond acceptors (Lipinski definition) is 3. The lowest BCUT2D eigenvalue weighted by Crippen LogP contribution is -2.31. The number of nitrogens with one attached hydrogen (secondary N) is 1. The molecule has 3 aromatic carbocycles. The van der Waals surface area contributed by atoms with Crippen LogP contribution in [0.5, 0.6) is 0 Å². The van der Waals surface area contributed by atoms with Gasteiger partial charge in [0.2, 0.25) is 0 Å². The molecule has 0 aliphatic carbocycles. The first kappa shape index (κ1) is 24.8. The summed E-state index contributed by atoms with van der Waals surface area (Å²) in [6, 6.07) is 21.9. The lowest BCUT2D eigenvalue weighted by Gasteiger charge is -2.25. The average Bonchev–Trinajstić information content (AvgIpc) is 3.41. The summed E-state index contributed by atoms with van der Waals surface area (Å²) in [5, 5.41) is 12.9. The van der Waals surface area contributed by atoms with E-state index in [0.29, 0.717) is 29.5 Å². The van der Waals surface area contributed by atoms with E-state index in [9.17, 15) is 14.7 Å². The monoisotopic (exact) mass is 512 g/mol. The molecule has 2 N–H and O–H groups in total. The molecular weight excluding hydrogens is 484 g/mol. The minimum atomic E-state index is -0.686. The van der Waals surface area contributed by atoms with Crippen LogP contribution in [0.3, 0.4) is 0 Å². The minimum absolute atomic E-state index is 0.0999. The van der Waals surface area contributed by atoms with Gasteiger partial charge in [-0.3, -0.25) is 9.59 Å². The van der Waals surface area contributed by atoms with Crippen LogP contribution in [0, 0.1) is 5.92 Å². The number of likely N-dealkylation sites (tertiary alicyclic amines) is 1. The van der Waals surface area contributed by atoms with Crippen LogP contribution in [0.15, 0.2) is 84.6 Å². The van der Waals surface area contributed by atoms with Crippen LogP contribution in [0.1, 0.15) is 42.1 Å². The number of fused-ring (bicyclic) bond motifs is 1. The summed E-state index contributed by atoms with van der Waals surface area (Å²) < 4.78 is 0. The molecule has 6 heteroatoms. The fourth-order valence-electron chi connectivity index (χ4n) is 5.11. The van der Waals surface area contributed by atoms with Crippen molar-refractivity contribution < 1.29 is 14.7 Å². The Balaban J connectivity index is 1.54. The number of benzene rings is 3. The molecule has 0 saturated carbocycles. The van der Waals surface area contributed by atoms with Crippen LogP contribution in [-0.2, 0) is 22.4 Å². The molecule has 4 aromatic rings. The number of H-pyrrole nitrogens is 1. The van der Waals surface area contributed by atoms with Gasteiger partial charge >= 0.3 is 0 Å². The van der Waals surface area contributed by atoms with Crippen LogP contribution >= 0.6 is 11.6 Å². The summed E-state index contributed by atoms with van der Waals surface area (Å²) in [7, 11) is 0. The molecular formula is C31H29ClN2O3. The zero-order chi connectivity index (χ0) is 26.1. The molecule has 1 aromatic heterocycles. The maximum absolute atomic E-state index is 13.3. The Morgan fingerprint density at radius 2 is 1.70 bits per heavy atom. The second-order valence-electron chi connectivity index (χ2n) is 9.95. The molecule has 1 atom stereocenters. The van der Waals surface area contributed by atoms with Gasteiger partial charge in [-0.25, -0.2) is 0 Å². The van der Waals surface area contributed by atoms with Crippen LogP contribution in [0.4, 0.5) is 0 Å². The molecule has 188 valence electrons. The Hall–Kier alpha value is -3.83. The van der Waals surface area contributed by atoms with Gasteiger partial charge < -0.3 is 15.0 Å². The Kier molecular flexibility index (Phi) is 6.90. The molecule has 37 heavy (non-hydrogen) atoms. The number of Topliss-reactive ketones (excluding diaryl/α,β-unsaturated/α-hetero) is 1. The van der Waals surface area contributed by atoms with Crippen molar-refractivity contribution in [3.05, 3.63) is 112 Å². The van der Waals surface area contributed by atoms with Crippen molar-refractivity contribution in [1.82, 2.24) is 9.88 Å². The van der Waals surface area contributed by atoms with Gasteiger partial charge in [0.05, 0.1) is 11.6 Å². The summed E-state index contributed by atoms with van der Waals surface area (Å²) in [6.45, 7) is 4.67. The van der Waals surface area contributed by atoms with Gasteiger partial charge in [-0.05, 0) is 65.8 Å². The van der Waals surface area contributed by atoms with Crippen molar-refractivity contribution in [2.75, 3.05) is 6.54 Å². The van der Waals surface area contributed by atoms with E-state index in [2.05, 4.69) is 18.8 Å². The second-order valence-corrected chi connectivity index (χ2v) is 10.4. The molecule has 1 amide bonds. The third kappa shape index (κ3) is 4.92. The highest BCUT2D eigenvalue weighted by Gasteiger charge is 2.45. The summed E-state index contributed by atoms with van der Waals surface area (Å²) in [6.07, 6.45) is 3.45. The first-order valence-corrected chi connectivity index (χ1v) is 12.9. The number of aromatic amines is 1. The van der Waals surface area contributed by atoms with E-state index in [1.165, 1.54) is 5.56 Å². The first-order chi connectivity index (χ1) is 17.8. The number of halogens is 1. The van der Waals surface area contributed by atoms with E-state index in [1.54, 1.807) is 29.2 Å². The van der Waals surface area contributed by atoms with Crippen LogP contribution in [0.2, 0.25) is 5.02 Å². The predicted octanol–water partition coefficient (Wildman–Crippen LogP) is 6.68.